The van der Waals surface area contributed by atoms with Crippen LogP contribution in [0.25, 0.3) is 0 Å². The molecule has 21 heavy (non-hydrogen) atoms. The Morgan fingerprint density at radius 2 is 2.33 bits per heavy atom. The predicted octanol–water partition coefficient (Wildman–Crippen LogP) is 1.79. The lowest BCUT2D eigenvalue weighted by Gasteiger charge is -2.21. The van der Waals surface area contributed by atoms with Crippen LogP contribution in [-0.2, 0) is 19.3 Å². The van der Waals surface area contributed by atoms with Crippen molar-refractivity contribution in [1.82, 2.24) is 29.9 Å². The Kier molecular flexibility index (Phi) is 4.60. The number of nitrogens with one attached hydrogen (secondary N) is 1. The van der Waals surface area contributed by atoms with Crippen molar-refractivity contribution in [2.45, 2.75) is 43.1 Å². The van der Waals surface area contributed by atoms with Crippen LogP contribution in [0, 0.1) is 0 Å². The maximum Gasteiger partial charge on any atom is 0.191 e. The van der Waals surface area contributed by atoms with Crippen LogP contribution >= 0.6 is 11.8 Å². The number of hydrogen-bond donors (Lipinski definition) is 1. The van der Waals surface area contributed by atoms with Crippen LogP contribution in [0.4, 0.5) is 0 Å². The summed E-state index contributed by atoms with van der Waals surface area (Å²) in [6, 6.07) is 2.07. The Hall–Kier alpha value is -1.34. The second-order valence-corrected chi connectivity index (χ2v) is 6.34. The quantitative estimate of drug-likeness (QED) is 0.854. The van der Waals surface area contributed by atoms with Crippen molar-refractivity contribution in [3.63, 3.8) is 0 Å². The van der Waals surface area contributed by atoms with Gasteiger partial charge in [0.15, 0.2) is 5.16 Å². The molecular formula is C14H22N6S. The van der Waals surface area contributed by atoms with Gasteiger partial charge in [-0.2, -0.15) is 5.10 Å². The second-order valence-electron chi connectivity index (χ2n) is 5.39. The highest BCUT2D eigenvalue weighted by Crippen LogP contribution is 2.26. The molecule has 0 bridgehead atoms. The molecule has 3 heterocycles. The predicted molar refractivity (Wildman–Crippen MR) is 83.3 cm³/mol. The molecule has 2 aromatic rings. The van der Waals surface area contributed by atoms with Gasteiger partial charge in [-0.1, -0.05) is 11.8 Å². The fraction of sp³-hybridized carbons (Fsp3) is 0.643. The molecule has 2 aromatic heterocycles. The van der Waals surface area contributed by atoms with Crippen LogP contribution in [0.2, 0.25) is 0 Å². The molecule has 1 N–H and O–H groups in total. The van der Waals surface area contributed by atoms with Crippen LogP contribution in [0.5, 0.6) is 0 Å². The fourth-order valence-corrected chi connectivity index (χ4v) is 3.49. The molecule has 7 heteroatoms. The third-order valence-corrected chi connectivity index (χ3v) is 4.95. The molecule has 114 valence electrons. The number of aryl methyl sites for hydroxylation is 1. The zero-order valence-corrected chi connectivity index (χ0v) is 13.4. The van der Waals surface area contributed by atoms with Gasteiger partial charge >= 0.3 is 0 Å². The van der Waals surface area contributed by atoms with Crippen LogP contribution in [0.15, 0.2) is 17.4 Å². The van der Waals surface area contributed by atoms with E-state index in [0.29, 0.717) is 5.92 Å². The Balaban J connectivity index is 1.64. The zero-order valence-electron chi connectivity index (χ0n) is 12.6. The number of thioether (sulfide) groups is 1. The van der Waals surface area contributed by atoms with E-state index in [1.807, 2.05) is 10.9 Å². The van der Waals surface area contributed by atoms with Gasteiger partial charge in [0.1, 0.15) is 5.82 Å². The summed E-state index contributed by atoms with van der Waals surface area (Å²) in [6.45, 7) is 5.14. The first-order valence-electron chi connectivity index (χ1n) is 7.53. The maximum atomic E-state index is 4.50. The average Bonchev–Trinajstić information content (AvgIpc) is 3.13. The molecular weight excluding hydrogens is 284 g/mol. The minimum atomic E-state index is 0.491. The number of rotatable bonds is 5. The van der Waals surface area contributed by atoms with E-state index in [-0.39, 0.29) is 0 Å². The summed E-state index contributed by atoms with van der Waals surface area (Å²) >= 11 is 1.70. The molecule has 1 atom stereocenters. The van der Waals surface area contributed by atoms with Crippen molar-refractivity contribution in [2.75, 3.05) is 13.1 Å². The van der Waals surface area contributed by atoms with E-state index >= 15 is 0 Å². The average molecular weight is 306 g/mol. The van der Waals surface area contributed by atoms with Crippen molar-refractivity contribution < 1.29 is 0 Å². The van der Waals surface area contributed by atoms with Crippen LogP contribution in [0.3, 0.4) is 0 Å². The molecule has 1 aliphatic rings. The van der Waals surface area contributed by atoms with E-state index in [9.17, 15) is 0 Å². The van der Waals surface area contributed by atoms with Crippen molar-refractivity contribution in [3.8, 4) is 0 Å². The van der Waals surface area contributed by atoms with E-state index in [1.165, 1.54) is 12.8 Å². The Morgan fingerprint density at radius 1 is 1.43 bits per heavy atom. The smallest absolute Gasteiger partial charge is 0.191 e. The summed E-state index contributed by atoms with van der Waals surface area (Å²) in [5.74, 6) is 2.43. The third kappa shape index (κ3) is 3.29. The van der Waals surface area contributed by atoms with E-state index in [4.69, 9.17) is 0 Å². The fourth-order valence-electron chi connectivity index (χ4n) is 2.67. The molecule has 0 saturated carbocycles. The van der Waals surface area contributed by atoms with Gasteiger partial charge in [-0.05, 0) is 32.4 Å². The molecule has 0 amide bonds. The third-order valence-electron chi connectivity index (χ3n) is 3.90. The van der Waals surface area contributed by atoms with E-state index in [0.717, 1.165) is 42.1 Å². The molecule has 0 aliphatic carbocycles. The highest BCUT2D eigenvalue weighted by Gasteiger charge is 2.21. The Labute approximate surface area is 129 Å². The lowest BCUT2D eigenvalue weighted by molar-refractivity contribution is 0.436. The van der Waals surface area contributed by atoms with E-state index in [2.05, 4.69) is 45.2 Å². The Morgan fingerprint density at radius 3 is 3.05 bits per heavy atom. The van der Waals surface area contributed by atoms with Crippen LogP contribution in [0.1, 0.15) is 37.2 Å². The lowest BCUT2D eigenvalue weighted by Crippen LogP contribution is -2.29. The highest BCUT2D eigenvalue weighted by atomic mass is 32.2. The molecule has 6 nitrogen and oxygen atoms in total. The van der Waals surface area contributed by atoms with E-state index < -0.39 is 0 Å². The van der Waals surface area contributed by atoms with E-state index in [1.54, 1.807) is 11.8 Å². The van der Waals surface area contributed by atoms with Crippen molar-refractivity contribution in [3.05, 3.63) is 23.8 Å². The Bertz CT molecular complexity index is 584. The van der Waals surface area contributed by atoms with Crippen LogP contribution < -0.4 is 5.32 Å². The maximum absolute atomic E-state index is 4.50. The SMILES string of the molecule is CCn1ccc(CSc2nnc(C3CCCNC3)n2C)n1. The van der Waals surface area contributed by atoms with Crippen LogP contribution in [-0.4, -0.2) is 37.6 Å². The molecule has 0 aromatic carbocycles. The van der Waals surface area contributed by atoms with Gasteiger partial charge in [-0.15, -0.1) is 10.2 Å². The number of hydrogen-bond acceptors (Lipinski definition) is 5. The van der Waals surface area contributed by atoms with Crippen molar-refractivity contribution in [1.29, 1.82) is 0 Å². The minimum absolute atomic E-state index is 0.491. The molecule has 0 spiro atoms. The van der Waals surface area contributed by atoms with Gasteiger partial charge < -0.3 is 9.88 Å². The first kappa shape index (κ1) is 14.6. The molecule has 0 radical (unpaired) electrons. The monoisotopic (exact) mass is 306 g/mol. The van der Waals surface area contributed by atoms with Gasteiger partial charge in [-0.3, -0.25) is 4.68 Å². The number of nitrogens with zero attached hydrogens (tertiary/aromatic N) is 5. The largest absolute Gasteiger partial charge is 0.316 e. The molecule has 1 unspecified atom stereocenters. The summed E-state index contributed by atoms with van der Waals surface area (Å²) in [5, 5.41) is 17.7. The van der Waals surface area contributed by atoms with Gasteiger partial charge in [0.05, 0.1) is 5.69 Å². The summed E-state index contributed by atoms with van der Waals surface area (Å²) in [5.41, 5.74) is 1.09. The van der Waals surface area contributed by atoms with Gasteiger partial charge in [0.2, 0.25) is 0 Å². The topological polar surface area (TPSA) is 60.6 Å². The molecule has 1 aliphatic heterocycles. The first-order valence-corrected chi connectivity index (χ1v) is 8.51. The summed E-state index contributed by atoms with van der Waals surface area (Å²) < 4.78 is 4.09. The highest BCUT2D eigenvalue weighted by molar-refractivity contribution is 7.98. The summed E-state index contributed by atoms with van der Waals surface area (Å²) in [4.78, 5) is 0. The molecule has 3 rings (SSSR count). The minimum Gasteiger partial charge on any atom is -0.316 e. The van der Waals surface area contributed by atoms with Gasteiger partial charge in [0, 0.05) is 38.0 Å². The molecule has 1 saturated heterocycles. The van der Waals surface area contributed by atoms with Gasteiger partial charge in [-0.25, -0.2) is 0 Å². The summed E-state index contributed by atoms with van der Waals surface area (Å²) in [6.07, 6.45) is 4.44. The standard InChI is InChI=1S/C14H22N6S/c1-3-20-8-6-12(18-20)10-21-14-17-16-13(19(14)2)11-5-4-7-15-9-11/h6,8,11,15H,3-5,7,9-10H2,1-2H3. The van der Waals surface area contributed by atoms with Crippen molar-refractivity contribution >= 4 is 11.8 Å². The molecule has 1 fully saturated rings. The normalized spacial score (nSPS) is 19.0. The zero-order chi connectivity index (χ0) is 14.7. The second kappa shape index (κ2) is 6.62. The summed E-state index contributed by atoms with van der Waals surface area (Å²) in [7, 11) is 2.07. The number of aromatic nitrogens is 5. The van der Waals surface area contributed by atoms with Crippen molar-refractivity contribution in [2.24, 2.45) is 7.05 Å². The first-order chi connectivity index (χ1) is 10.3. The number of piperidine rings is 1. The van der Waals surface area contributed by atoms with Gasteiger partial charge in [0.25, 0.3) is 0 Å². The lowest BCUT2D eigenvalue weighted by atomic mass is 9.99.